The maximum atomic E-state index is 12.2. The van der Waals surface area contributed by atoms with Gasteiger partial charge in [-0.1, -0.05) is 18.6 Å². The highest BCUT2D eigenvalue weighted by Crippen LogP contribution is 2.33. The van der Waals surface area contributed by atoms with Gasteiger partial charge in [0.2, 0.25) is 11.8 Å². The average molecular weight is 262 g/mol. The molecule has 0 heterocycles. The van der Waals surface area contributed by atoms with Crippen LogP contribution < -0.4 is 15.8 Å². The first-order valence-corrected chi connectivity index (χ1v) is 6.36. The SMILES string of the molecule is COc1ccccc1NC(=O)[C@H]1CCC[C@@H]1C(N)=O. The summed E-state index contributed by atoms with van der Waals surface area (Å²) < 4.78 is 5.18. The summed E-state index contributed by atoms with van der Waals surface area (Å²) in [6.07, 6.45) is 2.26. The number of methoxy groups -OCH3 is 1. The van der Waals surface area contributed by atoms with Crippen molar-refractivity contribution in [3.8, 4) is 5.75 Å². The van der Waals surface area contributed by atoms with Crippen LogP contribution in [0.15, 0.2) is 24.3 Å². The van der Waals surface area contributed by atoms with E-state index in [-0.39, 0.29) is 17.7 Å². The van der Waals surface area contributed by atoms with E-state index in [1.165, 1.54) is 0 Å². The lowest BCUT2D eigenvalue weighted by atomic mass is 9.94. The quantitative estimate of drug-likeness (QED) is 0.863. The number of carbonyl (C=O) groups excluding carboxylic acids is 2. The smallest absolute Gasteiger partial charge is 0.228 e. The maximum Gasteiger partial charge on any atom is 0.228 e. The Labute approximate surface area is 112 Å². The van der Waals surface area contributed by atoms with Crippen molar-refractivity contribution in [2.75, 3.05) is 12.4 Å². The number of hydrogen-bond acceptors (Lipinski definition) is 3. The summed E-state index contributed by atoms with van der Waals surface area (Å²) in [6.45, 7) is 0. The van der Waals surface area contributed by atoms with Crippen molar-refractivity contribution >= 4 is 17.5 Å². The third kappa shape index (κ3) is 2.86. The van der Waals surface area contributed by atoms with Crippen LogP contribution in [0, 0.1) is 11.8 Å². The van der Waals surface area contributed by atoms with Gasteiger partial charge in [0.25, 0.3) is 0 Å². The predicted molar refractivity (Wildman–Crippen MR) is 71.6 cm³/mol. The minimum absolute atomic E-state index is 0.161. The van der Waals surface area contributed by atoms with Gasteiger partial charge < -0.3 is 15.8 Å². The molecule has 1 aromatic rings. The van der Waals surface area contributed by atoms with E-state index in [0.717, 1.165) is 6.42 Å². The molecule has 0 spiro atoms. The molecule has 5 heteroatoms. The minimum Gasteiger partial charge on any atom is -0.495 e. The summed E-state index contributed by atoms with van der Waals surface area (Å²) in [6, 6.07) is 7.19. The molecule has 0 bridgehead atoms. The molecular weight excluding hydrogens is 244 g/mol. The Kier molecular flexibility index (Phi) is 4.04. The van der Waals surface area contributed by atoms with Crippen LogP contribution in [0.4, 0.5) is 5.69 Å². The van der Waals surface area contributed by atoms with Gasteiger partial charge in [0.1, 0.15) is 5.75 Å². The number of primary amides is 1. The molecule has 0 saturated heterocycles. The van der Waals surface area contributed by atoms with Crippen molar-refractivity contribution in [3.63, 3.8) is 0 Å². The third-order valence-corrected chi connectivity index (χ3v) is 3.58. The summed E-state index contributed by atoms with van der Waals surface area (Å²) in [7, 11) is 1.55. The van der Waals surface area contributed by atoms with E-state index < -0.39 is 5.91 Å². The van der Waals surface area contributed by atoms with Gasteiger partial charge >= 0.3 is 0 Å². The highest BCUT2D eigenvalue weighted by Gasteiger charge is 2.36. The van der Waals surface area contributed by atoms with Crippen LogP contribution >= 0.6 is 0 Å². The van der Waals surface area contributed by atoms with Crippen molar-refractivity contribution in [2.45, 2.75) is 19.3 Å². The number of ether oxygens (including phenoxy) is 1. The van der Waals surface area contributed by atoms with E-state index in [2.05, 4.69) is 5.32 Å². The standard InChI is InChI=1S/C14H18N2O3/c1-19-12-8-3-2-7-11(12)16-14(18)10-6-4-5-9(10)13(15)17/h2-3,7-10H,4-6H2,1H3,(H2,15,17)(H,16,18)/t9-,10-/m0/s1. The van der Waals surface area contributed by atoms with Gasteiger partial charge in [0, 0.05) is 11.8 Å². The number of anilines is 1. The van der Waals surface area contributed by atoms with Crippen molar-refractivity contribution in [1.29, 1.82) is 0 Å². The van der Waals surface area contributed by atoms with Crippen LogP contribution in [0.3, 0.4) is 0 Å². The second-order valence-corrected chi connectivity index (χ2v) is 4.74. The summed E-state index contributed by atoms with van der Waals surface area (Å²) >= 11 is 0. The van der Waals surface area contributed by atoms with Crippen LogP contribution in [0.25, 0.3) is 0 Å². The van der Waals surface area contributed by atoms with Gasteiger partial charge in [-0.05, 0) is 25.0 Å². The van der Waals surface area contributed by atoms with Gasteiger partial charge in [0.05, 0.1) is 12.8 Å². The first-order valence-electron chi connectivity index (χ1n) is 6.36. The van der Waals surface area contributed by atoms with Gasteiger partial charge in [-0.2, -0.15) is 0 Å². The van der Waals surface area contributed by atoms with Gasteiger partial charge in [-0.3, -0.25) is 9.59 Å². The molecule has 2 rings (SSSR count). The van der Waals surface area contributed by atoms with Crippen molar-refractivity contribution in [1.82, 2.24) is 0 Å². The molecule has 2 atom stereocenters. The monoisotopic (exact) mass is 262 g/mol. The second kappa shape index (κ2) is 5.73. The topological polar surface area (TPSA) is 81.4 Å². The molecule has 1 aromatic carbocycles. The molecule has 2 amide bonds. The minimum atomic E-state index is -0.391. The Hall–Kier alpha value is -2.04. The molecule has 0 aromatic heterocycles. The van der Waals surface area contributed by atoms with Crippen molar-refractivity contribution in [2.24, 2.45) is 17.6 Å². The fraction of sp³-hybridized carbons (Fsp3) is 0.429. The van der Waals surface area contributed by atoms with Crippen molar-refractivity contribution in [3.05, 3.63) is 24.3 Å². The number of hydrogen-bond donors (Lipinski definition) is 2. The molecule has 19 heavy (non-hydrogen) atoms. The van der Waals surface area contributed by atoms with Gasteiger partial charge in [-0.25, -0.2) is 0 Å². The third-order valence-electron chi connectivity index (χ3n) is 3.58. The molecule has 0 radical (unpaired) electrons. The van der Waals surface area contributed by atoms with Crippen molar-refractivity contribution < 1.29 is 14.3 Å². The highest BCUT2D eigenvalue weighted by atomic mass is 16.5. The second-order valence-electron chi connectivity index (χ2n) is 4.74. The maximum absolute atomic E-state index is 12.2. The summed E-state index contributed by atoms with van der Waals surface area (Å²) in [5.74, 6) is -0.634. The molecule has 1 aliphatic rings. The van der Waals surface area contributed by atoms with Crippen LogP contribution in [0.5, 0.6) is 5.75 Å². The largest absolute Gasteiger partial charge is 0.495 e. The normalized spacial score (nSPS) is 21.9. The Morgan fingerprint density at radius 1 is 1.26 bits per heavy atom. The van der Waals surface area contributed by atoms with E-state index in [0.29, 0.717) is 24.3 Å². The Morgan fingerprint density at radius 3 is 2.63 bits per heavy atom. The molecule has 1 fully saturated rings. The fourth-order valence-electron chi connectivity index (χ4n) is 2.59. The zero-order chi connectivity index (χ0) is 13.8. The molecule has 0 unspecified atom stereocenters. The van der Waals surface area contributed by atoms with E-state index in [1.54, 1.807) is 19.2 Å². The molecule has 1 saturated carbocycles. The van der Waals surface area contributed by atoms with E-state index in [1.807, 2.05) is 12.1 Å². The lowest BCUT2D eigenvalue weighted by molar-refractivity contribution is -0.129. The molecule has 102 valence electrons. The summed E-state index contributed by atoms with van der Waals surface area (Å²) in [5, 5.41) is 2.82. The van der Waals surface area contributed by atoms with Gasteiger partial charge in [-0.15, -0.1) is 0 Å². The number of nitrogens with two attached hydrogens (primary N) is 1. The van der Waals surface area contributed by atoms with Crippen LogP contribution in [0.2, 0.25) is 0 Å². The van der Waals surface area contributed by atoms with Crippen LogP contribution in [-0.4, -0.2) is 18.9 Å². The molecule has 1 aliphatic carbocycles. The fourth-order valence-corrected chi connectivity index (χ4v) is 2.59. The predicted octanol–water partition coefficient (Wildman–Crippen LogP) is 1.54. The Bertz CT molecular complexity index is 487. The molecular formula is C14H18N2O3. The van der Waals surface area contributed by atoms with E-state index in [9.17, 15) is 9.59 Å². The molecule has 0 aliphatic heterocycles. The summed E-state index contributed by atoms with van der Waals surface area (Å²) in [5.41, 5.74) is 5.95. The van der Waals surface area contributed by atoms with E-state index in [4.69, 9.17) is 10.5 Å². The highest BCUT2D eigenvalue weighted by molar-refractivity contribution is 5.97. The van der Waals surface area contributed by atoms with Gasteiger partial charge in [0.15, 0.2) is 0 Å². The van der Waals surface area contributed by atoms with Crippen LogP contribution in [-0.2, 0) is 9.59 Å². The summed E-state index contributed by atoms with van der Waals surface area (Å²) in [4.78, 5) is 23.5. The zero-order valence-electron chi connectivity index (χ0n) is 10.9. The number of amides is 2. The Morgan fingerprint density at radius 2 is 1.95 bits per heavy atom. The lowest BCUT2D eigenvalue weighted by Crippen LogP contribution is -2.33. The zero-order valence-corrected chi connectivity index (χ0v) is 10.9. The van der Waals surface area contributed by atoms with Crippen LogP contribution in [0.1, 0.15) is 19.3 Å². The first kappa shape index (κ1) is 13.4. The lowest BCUT2D eigenvalue weighted by Gasteiger charge is -2.17. The molecule has 5 nitrogen and oxygen atoms in total. The number of rotatable bonds is 4. The number of benzene rings is 1. The number of nitrogens with one attached hydrogen (secondary N) is 1. The van der Waals surface area contributed by atoms with E-state index >= 15 is 0 Å². The number of carbonyl (C=O) groups is 2. The Balaban J connectivity index is 2.10. The first-order chi connectivity index (χ1) is 9.13. The number of para-hydroxylation sites is 2. The average Bonchev–Trinajstić information content (AvgIpc) is 2.88. The molecule has 3 N–H and O–H groups in total.